The second kappa shape index (κ2) is 32.8. The van der Waals surface area contributed by atoms with Crippen LogP contribution in [0.2, 0.25) is 0 Å². The van der Waals surface area contributed by atoms with Gasteiger partial charge in [0.1, 0.15) is 0 Å². The van der Waals surface area contributed by atoms with Crippen molar-refractivity contribution in [1.29, 1.82) is 10.5 Å². The maximum Gasteiger partial charge on any atom is 0.0991 e. The number of fused-ring (bicyclic) bond motifs is 12. The van der Waals surface area contributed by atoms with Gasteiger partial charge in [0, 0.05) is 54.2 Å². The maximum absolute atomic E-state index is 10.9. The van der Waals surface area contributed by atoms with E-state index in [0.29, 0.717) is 11.1 Å². The van der Waals surface area contributed by atoms with Gasteiger partial charge in [0.05, 0.1) is 115 Å². The van der Waals surface area contributed by atoms with E-state index in [2.05, 4.69) is 426 Å². The Kier molecular flexibility index (Phi) is 19.7. The van der Waals surface area contributed by atoms with Gasteiger partial charge in [-0.25, -0.2) is 0 Å². The molecular weight excluding hydrogens is 1650 g/mol. The Morgan fingerprint density at radius 3 is 0.706 bits per heavy atom. The molecule has 136 heavy (non-hydrogen) atoms. The fraction of sp³-hybridized carbons (Fsp3) is 0.0625. The van der Waals surface area contributed by atoms with Crippen molar-refractivity contribution in [3.05, 3.63) is 457 Å². The highest BCUT2D eigenvalue weighted by atomic mass is 15.1. The Balaban J connectivity index is 0.664. The van der Waals surface area contributed by atoms with Crippen LogP contribution >= 0.6 is 0 Å². The molecule has 6 heterocycles. The molecule has 0 unspecified atom stereocenters. The molecule has 0 aliphatic heterocycles. The molecule has 8 nitrogen and oxygen atoms in total. The predicted molar refractivity (Wildman–Crippen MR) is 567 cm³/mol. The van der Waals surface area contributed by atoms with Crippen molar-refractivity contribution in [2.45, 2.75) is 55.4 Å². The third-order valence-electron chi connectivity index (χ3n) is 28.6. The molecule has 0 spiro atoms. The third kappa shape index (κ3) is 13.5. The van der Waals surface area contributed by atoms with Crippen molar-refractivity contribution >= 4 is 87.2 Å². The summed E-state index contributed by atoms with van der Waals surface area (Å²) < 4.78 is 9.70. The van der Waals surface area contributed by atoms with Gasteiger partial charge in [0.2, 0.25) is 0 Å². The molecule has 6 aromatic heterocycles. The lowest BCUT2D eigenvalue weighted by Gasteiger charge is -2.20. The molecule has 24 rings (SSSR count). The summed E-state index contributed by atoms with van der Waals surface area (Å²) in [7, 11) is 0. The summed E-state index contributed by atoms with van der Waals surface area (Å²) in [6, 6.07) is 142. The molecular formula is C128H90N8. The molecule has 0 saturated heterocycles. The van der Waals surface area contributed by atoms with Gasteiger partial charge in [-0.3, -0.25) is 9.97 Å². The molecule has 0 bridgehead atoms. The molecule has 0 saturated carbocycles. The number of benzene rings is 18. The number of hydrogen-bond acceptors (Lipinski definition) is 4. The normalized spacial score (nSPS) is 11.7. The zero-order valence-corrected chi connectivity index (χ0v) is 76.7. The standard InChI is InChI=1S/C128H90N8/c1-77-24-9-15-34-98(77)88-47-56-115-111(63-88)112-64-89(99-35-16-10-25-78(99)2)48-57-116(112)133(115)123-73-131-74-124(127(123)96-32-21-30-85(61-96)71-129)134-117-58-49-90(100-36-17-11-26-79(100)3)65-113(117)114-66-91(50-59-118(114)134)106-41-23-40-105(84(106)8)87-42-51-104(83(7)60-87)95-46-55-110-109-54-45-94(103-39-20-14-29-82(103)6)69-121(109)136(122(110)70-95)126-76-132-75-125(128(126)97-33-22-31-86(62-97)72-130)135-119-67-92(101-37-18-12-27-80(101)4)43-52-107(119)108-53-44-93(68-120(108)135)102-38-19-13-28-81(102)5/h9-70,73-76H,1-8H3. The average Bonchev–Trinajstić information content (AvgIpc) is 1.56. The summed E-state index contributed by atoms with van der Waals surface area (Å²) in [5, 5.41) is 30.6. The fourth-order valence-electron chi connectivity index (χ4n) is 21.9. The van der Waals surface area contributed by atoms with Crippen molar-refractivity contribution < 1.29 is 0 Å². The first-order valence-electron chi connectivity index (χ1n) is 46.6. The molecule has 0 N–H and O–H groups in total. The van der Waals surface area contributed by atoms with Gasteiger partial charge in [-0.05, 0) is 308 Å². The van der Waals surface area contributed by atoms with Crippen LogP contribution in [0.3, 0.4) is 0 Å². The first-order chi connectivity index (χ1) is 66.7. The van der Waals surface area contributed by atoms with Crippen molar-refractivity contribution in [2.24, 2.45) is 0 Å². The van der Waals surface area contributed by atoms with E-state index < -0.39 is 0 Å². The number of aromatic nitrogens is 6. The second-order valence-corrected chi connectivity index (χ2v) is 36.6. The molecule has 0 fully saturated rings. The number of nitrogens with zero attached hydrogens (tertiary/aromatic N) is 8. The van der Waals surface area contributed by atoms with E-state index in [1.165, 1.54) is 66.8 Å². The molecule has 18 aromatic carbocycles. The van der Waals surface area contributed by atoms with Crippen LogP contribution in [0.4, 0.5) is 0 Å². The second-order valence-electron chi connectivity index (χ2n) is 36.6. The minimum absolute atomic E-state index is 0.560. The average molecular weight is 1740 g/mol. The Labute approximate surface area is 789 Å². The molecule has 0 aliphatic rings. The van der Waals surface area contributed by atoms with Crippen molar-refractivity contribution in [3.8, 4) is 157 Å². The van der Waals surface area contributed by atoms with E-state index in [1.54, 1.807) is 0 Å². The third-order valence-corrected chi connectivity index (χ3v) is 28.6. The summed E-state index contributed by atoms with van der Waals surface area (Å²) in [4.78, 5) is 10.7. The first-order valence-corrected chi connectivity index (χ1v) is 46.6. The van der Waals surface area contributed by atoms with Crippen LogP contribution in [-0.4, -0.2) is 28.2 Å². The molecule has 0 aliphatic carbocycles. The Morgan fingerprint density at radius 1 is 0.184 bits per heavy atom. The fourth-order valence-corrected chi connectivity index (χ4v) is 21.9. The Bertz CT molecular complexity index is 9050. The lowest BCUT2D eigenvalue weighted by Crippen LogP contribution is -2.05. The van der Waals surface area contributed by atoms with Crippen LogP contribution in [-0.2, 0) is 0 Å². The molecule has 0 atom stereocenters. The summed E-state index contributed by atoms with van der Waals surface area (Å²) in [5.74, 6) is 0. The highest BCUT2D eigenvalue weighted by Crippen LogP contribution is 2.50. The number of nitriles is 2. The van der Waals surface area contributed by atoms with Gasteiger partial charge in [-0.15, -0.1) is 0 Å². The van der Waals surface area contributed by atoms with E-state index in [-0.39, 0.29) is 0 Å². The topological polar surface area (TPSA) is 93.1 Å². The number of hydrogen-bond donors (Lipinski definition) is 0. The number of aryl methyl sites for hydroxylation is 7. The van der Waals surface area contributed by atoms with Crippen LogP contribution in [0, 0.1) is 78.1 Å². The molecule has 0 radical (unpaired) electrons. The minimum Gasteiger partial charge on any atom is -0.307 e. The molecule has 24 aromatic rings. The smallest absolute Gasteiger partial charge is 0.0991 e. The summed E-state index contributed by atoms with van der Waals surface area (Å²) in [6.07, 6.45) is 8.10. The lowest BCUT2D eigenvalue weighted by atomic mass is 9.90. The highest BCUT2D eigenvalue weighted by Gasteiger charge is 2.29. The highest BCUT2D eigenvalue weighted by molar-refractivity contribution is 6.17. The van der Waals surface area contributed by atoms with Crippen LogP contribution in [0.15, 0.2) is 401 Å². The van der Waals surface area contributed by atoms with Crippen LogP contribution < -0.4 is 0 Å². The van der Waals surface area contributed by atoms with E-state index in [4.69, 9.17) is 9.97 Å². The van der Waals surface area contributed by atoms with Gasteiger partial charge in [0.25, 0.3) is 0 Å². The molecule has 8 heteroatoms. The van der Waals surface area contributed by atoms with Gasteiger partial charge in [-0.2, -0.15) is 10.5 Å². The van der Waals surface area contributed by atoms with Crippen molar-refractivity contribution in [1.82, 2.24) is 28.2 Å². The van der Waals surface area contributed by atoms with Crippen LogP contribution in [0.1, 0.15) is 55.6 Å². The Hall–Kier alpha value is -17.6. The molecule has 0 amide bonds. The predicted octanol–water partition coefficient (Wildman–Crippen LogP) is 33.4. The van der Waals surface area contributed by atoms with Gasteiger partial charge >= 0.3 is 0 Å². The molecule has 642 valence electrons. The van der Waals surface area contributed by atoms with E-state index in [9.17, 15) is 10.5 Å². The van der Waals surface area contributed by atoms with Crippen molar-refractivity contribution in [3.63, 3.8) is 0 Å². The summed E-state index contributed by atoms with van der Waals surface area (Å²) in [5.41, 5.74) is 46.6. The number of pyridine rings is 2. The van der Waals surface area contributed by atoms with Gasteiger partial charge < -0.3 is 18.3 Å². The van der Waals surface area contributed by atoms with E-state index in [1.807, 2.05) is 61.2 Å². The minimum atomic E-state index is 0.560. The van der Waals surface area contributed by atoms with Gasteiger partial charge in [0.15, 0.2) is 0 Å². The van der Waals surface area contributed by atoms with Gasteiger partial charge in [-0.1, -0.05) is 279 Å². The largest absolute Gasteiger partial charge is 0.307 e. The SMILES string of the molecule is Cc1ccccc1-c1ccc2c(c1)c1cc(-c3ccccc3C)ccc1n2-c1cncc(-n2c3ccc(-c4ccccc4C)cc3c3cc(-c4cccc(-c5ccc(-c6ccc7c8ccc(-c9ccccc9C)cc8n(-c8cncc(-n9c%10cc(-c%11ccccc%11C)ccc%10c%10ccc(-c%11ccccc%11C)cc%109)c8-c8cccc(C#N)c8)c7c6)c(C)c5)c4C)ccc32)c1-c1cccc(C#N)c1. The summed E-state index contributed by atoms with van der Waals surface area (Å²) >= 11 is 0. The van der Waals surface area contributed by atoms with E-state index in [0.717, 1.165) is 210 Å². The first kappa shape index (κ1) is 81.7. The van der Waals surface area contributed by atoms with E-state index >= 15 is 0 Å². The monoisotopic (exact) mass is 1740 g/mol. The van der Waals surface area contributed by atoms with Crippen LogP contribution in [0.5, 0.6) is 0 Å². The maximum atomic E-state index is 10.9. The quantitative estimate of drug-likeness (QED) is 0.102. The zero-order valence-electron chi connectivity index (χ0n) is 76.7. The number of rotatable bonds is 15. The summed E-state index contributed by atoms with van der Waals surface area (Å²) in [6.45, 7) is 17.7. The Morgan fingerprint density at radius 2 is 0.419 bits per heavy atom. The zero-order chi connectivity index (χ0) is 91.8. The lowest BCUT2D eigenvalue weighted by molar-refractivity contribution is 1.09. The van der Waals surface area contributed by atoms with Crippen molar-refractivity contribution in [2.75, 3.05) is 0 Å². The van der Waals surface area contributed by atoms with Crippen LogP contribution in [0.25, 0.3) is 232 Å².